The molecular weight excluding hydrogens is 378 g/mol. The van der Waals surface area contributed by atoms with E-state index in [0.717, 1.165) is 16.8 Å². The third kappa shape index (κ3) is 3.20. The lowest BCUT2D eigenvalue weighted by molar-refractivity contribution is -0.116. The molecule has 144 valence electrons. The van der Waals surface area contributed by atoms with Crippen molar-refractivity contribution in [3.63, 3.8) is 0 Å². The molecule has 1 N–H and O–H groups in total. The van der Waals surface area contributed by atoms with E-state index in [9.17, 15) is 4.79 Å². The second-order valence-electron chi connectivity index (χ2n) is 6.45. The van der Waals surface area contributed by atoms with Crippen LogP contribution in [-0.4, -0.2) is 29.4 Å². The summed E-state index contributed by atoms with van der Waals surface area (Å²) in [6.45, 7) is 2.43. The maximum Gasteiger partial charge on any atom is 0.226 e. The van der Waals surface area contributed by atoms with Crippen LogP contribution in [0.2, 0.25) is 5.02 Å². The molecule has 1 aliphatic rings. The molecule has 1 amide bonds. The summed E-state index contributed by atoms with van der Waals surface area (Å²) in [6.07, 6.45) is 2.11. The number of amides is 1. The zero-order valence-corrected chi connectivity index (χ0v) is 16.4. The van der Waals surface area contributed by atoms with E-state index in [1.165, 1.54) is 0 Å². The van der Waals surface area contributed by atoms with Gasteiger partial charge in [0.25, 0.3) is 0 Å². The average molecular weight is 398 g/mol. The number of ether oxygens (including phenoxy) is 2. The van der Waals surface area contributed by atoms with Crippen molar-refractivity contribution in [1.82, 2.24) is 9.78 Å². The Morgan fingerprint density at radius 3 is 2.71 bits per heavy atom. The molecule has 28 heavy (non-hydrogen) atoms. The van der Waals surface area contributed by atoms with Crippen LogP contribution in [0, 0.1) is 0 Å². The molecule has 2 heterocycles. The molecule has 0 aliphatic carbocycles. The van der Waals surface area contributed by atoms with Gasteiger partial charge in [-0.25, -0.2) is 4.68 Å². The zero-order chi connectivity index (χ0) is 19.7. The van der Waals surface area contributed by atoms with Gasteiger partial charge in [-0.3, -0.25) is 4.79 Å². The molecule has 0 bridgehead atoms. The fourth-order valence-electron chi connectivity index (χ4n) is 3.54. The number of rotatable bonds is 5. The van der Waals surface area contributed by atoms with Crippen LogP contribution in [0.25, 0.3) is 5.69 Å². The number of para-hydroxylation sites is 1. The molecule has 1 atom stereocenters. The smallest absolute Gasteiger partial charge is 0.226 e. The minimum Gasteiger partial charge on any atom is -0.493 e. The number of nitrogens with zero attached hydrogens (tertiary/aromatic N) is 2. The van der Waals surface area contributed by atoms with Gasteiger partial charge in [-0.05, 0) is 37.3 Å². The van der Waals surface area contributed by atoms with Gasteiger partial charge in [0.2, 0.25) is 5.91 Å². The summed E-state index contributed by atoms with van der Waals surface area (Å²) in [6, 6.07) is 13.1. The fraction of sp³-hybridized carbons (Fsp3) is 0.238. The van der Waals surface area contributed by atoms with Crippen molar-refractivity contribution < 1.29 is 14.3 Å². The lowest BCUT2D eigenvalue weighted by Gasteiger charge is -2.26. The molecule has 0 fully saturated rings. The molecule has 0 unspecified atom stereocenters. The van der Waals surface area contributed by atoms with Crippen molar-refractivity contribution in [2.45, 2.75) is 19.3 Å². The number of benzene rings is 2. The highest BCUT2D eigenvalue weighted by Gasteiger charge is 2.33. The Balaban J connectivity index is 1.83. The minimum atomic E-state index is -0.179. The van der Waals surface area contributed by atoms with Gasteiger partial charge in [-0.2, -0.15) is 5.10 Å². The van der Waals surface area contributed by atoms with Gasteiger partial charge < -0.3 is 14.8 Å². The Morgan fingerprint density at radius 1 is 1.21 bits per heavy atom. The standard InChI is InChI=1S/C21H20ClN3O3/c1-3-28-20-15(5-4-6-18(20)27-2)16-11-19(26)24-21-17(16)12-23-25(21)14-9-7-13(22)8-10-14/h4-10,12,16H,3,11H2,1-2H3,(H,24,26)/t16-/m1/s1. The molecule has 0 spiro atoms. The fourth-order valence-corrected chi connectivity index (χ4v) is 3.67. The van der Waals surface area contributed by atoms with Crippen LogP contribution >= 0.6 is 11.6 Å². The van der Waals surface area contributed by atoms with E-state index in [4.69, 9.17) is 21.1 Å². The Kier molecular flexibility index (Phi) is 4.96. The highest BCUT2D eigenvalue weighted by molar-refractivity contribution is 6.30. The van der Waals surface area contributed by atoms with Crippen LogP contribution in [-0.2, 0) is 4.79 Å². The van der Waals surface area contributed by atoms with E-state index in [1.807, 2.05) is 37.3 Å². The number of hydrogen-bond acceptors (Lipinski definition) is 4. The summed E-state index contributed by atoms with van der Waals surface area (Å²) in [4.78, 5) is 12.5. The van der Waals surface area contributed by atoms with Crippen LogP contribution in [0.15, 0.2) is 48.7 Å². The number of aromatic nitrogens is 2. The molecular formula is C21H20ClN3O3. The topological polar surface area (TPSA) is 65.4 Å². The van der Waals surface area contributed by atoms with E-state index >= 15 is 0 Å². The van der Waals surface area contributed by atoms with Gasteiger partial charge in [0.15, 0.2) is 11.5 Å². The van der Waals surface area contributed by atoms with E-state index in [0.29, 0.717) is 35.4 Å². The quantitative estimate of drug-likeness (QED) is 0.692. The molecule has 0 saturated carbocycles. The van der Waals surface area contributed by atoms with Crippen LogP contribution < -0.4 is 14.8 Å². The first-order chi connectivity index (χ1) is 13.6. The van der Waals surface area contributed by atoms with Gasteiger partial charge in [0.1, 0.15) is 5.82 Å². The zero-order valence-electron chi connectivity index (χ0n) is 15.6. The van der Waals surface area contributed by atoms with Crippen molar-refractivity contribution >= 4 is 23.3 Å². The Morgan fingerprint density at radius 2 is 2.00 bits per heavy atom. The van der Waals surface area contributed by atoms with Gasteiger partial charge >= 0.3 is 0 Å². The third-order valence-electron chi connectivity index (χ3n) is 4.78. The van der Waals surface area contributed by atoms with Gasteiger partial charge in [-0.15, -0.1) is 0 Å². The number of anilines is 1. The molecule has 0 saturated heterocycles. The summed E-state index contributed by atoms with van der Waals surface area (Å²) >= 11 is 5.99. The van der Waals surface area contributed by atoms with Crippen LogP contribution in [0.5, 0.6) is 11.5 Å². The normalized spacial score (nSPS) is 15.7. The average Bonchev–Trinajstić information content (AvgIpc) is 3.12. The largest absolute Gasteiger partial charge is 0.493 e. The van der Waals surface area contributed by atoms with Crippen molar-refractivity contribution in [2.24, 2.45) is 0 Å². The maximum atomic E-state index is 12.5. The van der Waals surface area contributed by atoms with Crippen molar-refractivity contribution in [2.75, 3.05) is 19.0 Å². The maximum absolute atomic E-state index is 12.5. The highest BCUT2D eigenvalue weighted by atomic mass is 35.5. The number of hydrogen-bond donors (Lipinski definition) is 1. The summed E-state index contributed by atoms with van der Waals surface area (Å²) in [7, 11) is 1.61. The van der Waals surface area contributed by atoms with Crippen molar-refractivity contribution in [3.05, 3.63) is 64.8 Å². The second kappa shape index (κ2) is 7.56. The summed E-state index contributed by atoms with van der Waals surface area (Å²) in [5.74, 6) is 1.73. The van der Waals surface area contributed by atoms with E-state index in [-0.39, 0.29) is 11.8 Å². The molecule has 6 nitrogen and oxygen atoms in total. The molecule has 1 aromatic heterocycles. The first kappa shape index (κ1) is 18.4. The number of methoxy groups -OCH3 is 1. The SMILES string of the molecule is CCOc1c(OC)cccc1[C@H]1CC(=O)Nc2c1cnn2-c1ccc(Cl)cc1. The third-order valence-corrected chi connectivity index (χ3v) is 5.04. The van der Waals surface area contributed by atoms with Crippen LogP contribution in [0.3, 0.4) is 0 Å². The highest BCUT2D eigenvalue weighted by Crippen LogP contribution is 2.44. The number of nitrogens with one attached hydrogen (secondary N) is 1. The van der Waals surface area contributed by atoms with Crippen LogP contribution in [0.1, 0.15) is 30.4 Å². The van der Waals surface area contributed by atoms with E-state index in [1.54, 1.807) is 30.1 Å². The molecule has 2 aromatic carbocycles. The Labute approximate surface area is 168 Å². The Hall–Kier alpha value is -2.99. The van der Waals surface area contributed by atoms with Gasteiger partial charge in [0.05, 0.1) is 25.6 Å². The predicted octanol–water partition coefficient (Wildman–Crippen LogP) is 4.41. The second-order valence-corrected chi connectivity index (χ2v) is 6.89. The minimum absolute atomic E-state index is 0.0709. The molecule has 4 rings (SSSR count). The van der Waals surface area contributed by atoms with Gasteiger partial charge in [-0.1, -0.05) is 23.7 Å². The summed E-state index contributed by atoms with van der Waals surface area (Å²) < 4.78 is 13.1. The number of halogens is 1. The van der Waals surface area contributed by atoms with Crippen LogP contribution in [0.4, 0.5) is 5.82 Å². The lowest BCUT2D eigenvalue weighted by Crippen LogP contribution is -2.25. The number of carbonyl (C=O) groups excluding carboxylic acids is 1. The van der Waals surface area contributed by atoms with Gasteiger partial charge in [0, 0.05) is 28.5 Å². The molecule has 3 aromatic rings. The first-order valence-corrected chi connectivity index (χ1v) is 9.43. The van der Waals surface area contributed by atoms with Crippen molar-refractivity contribution in [1.29, 1.82) is 0 Å². The summed E-state index contributed by atoms with van der Waals surface area (Å²) in [5, 5.41) is 8.11. The number of fused-ring (bicyclic) bond motifs is 1. The predicted molar refractivity (Wildman–Crippen MR) is 108 cm³/mol. The molecule has 0 radical (unpaired) electrons. The van der Waals surface area contributed by atoms with Crippen molar-refractivity contribution in [3.8, 4) is 17.2 Å². The molecule has 7 heteroatoms. The first-order valence-electron chi connectivity index (χ1n) is 9.05. The van der Waals surface area contributed by atoms with E-state index < -0.39 is 0 Å². The Bertz CT molecular complexity index is 1010. The monoisotopic (exact) mass is 397 g/mol. The number of carbonyl (C=O) groups is 1. The van der Waals surface area contributed by atoms with E-state index in [2.05, 4.69) is 10.4 Å². The summed E-state index contributed by atoms with van der Waals surface area (Å²) in [5.41, 5.74) is 2.67. The lowest BCUT2D eigenvalue weighted by atomic mass is 9.86. The molecule has 1 aliphatic heterocycles.